The molecule has 162 valence electrons. The van der Waals surface area contributed by atoms with E-state index in [9.17, 15) is 17.9 Å². The molecule has 0 radical (unpaired) electrons. The zero-order valence-corrected chi connectivity index (χ0v) is 18.5. The van der Waals surface area contributed by atoms with Crippen LogP contribution in [-0.4, -0.2) is 24.9 Å². The van der Waals surface area contributed by atoms with E-state index < -0.39 is 26.2 Å². The second-order valence-corrected chi connectivity index (χ2v) is 10.2. The third kappa shape index (κ3) is 5.99. The number of nitrogens with two attached hydrogens (primary N) is 2. The van der Waals surface area contributed by atoms with E-state index in [-0.39, 0.29) is 12.8 Å². The number of hydrogen-bond donors (Lipinski definition) is 3. The van der Waals surface area contributed by atoms with E-state index in [0.717, 1.165) is 12.0 Å². The van der Waals surface area contributed by atoms with Gasteiger partial charge < -0.3 is 10.8 Å². The summed E-state index contributed by atoms with van der Waals surface area (Å²) in [6.45, 7) is 6.88. The lowest BCUT2D eigenvalue weighted by Crippen LogP contribution is -2.63. The van der Waals surface area contributed by atoms with Crippen LogP contribution in [0.3, 0.4) is 0 Å². The van der Waals surface area contributed by atoms with Crippen molar-refractivity contribution in [1.82, 2.24) is 0 Å². The number of halogens is 1. The topological polar surface area (TPSA) is 106 Å². The Morgan fingerprint density at radius 1 is 1.00 bits per heavy atom. The summed E-state index contributed by atoms with van der Waals surface area (Å²) in [4.78, 5) is 0. The molecule has 28 heavy (non-hydrogen) atoms. The minimum Gasteiger partial charge on any atom is -0.374 e. The summed E-state index contributed by atoms with van der Waals surface area (Å²) >= 11 is 0. The molecule has 0 aliphatic heterocycles. The van der Waals surface area contributed by atoms with Gasteiger partial charge in [-0.1, -0.05) is 63.8 Å². The van der Waals surface area contributed by atoms with Gasteiger partial charge in [-0.25, -0.2) is 17.9 Å². The standard InChI is InChI=1S/C21H37FN2O3S/c1-5-14-21(23,25)20(28(24,26)27,16-9-7-8-15-19(3,4)22)18-12-10-17(6-2)11-13-18/h10-13,25H,5-9,14-16,23H2,1-4H3,(H2,24,26,27). The fraction of sp³-hybridized carbons (Fsp3) is 0.714. The predicted molar refractivity (Wildman–Crippen MR) is 113 cm³/mol. The highest BCUT2D eigenvalue weighted by atomic mass is 32.2. The lowest BCUT2D eigenvalue weighted by atomic mass is 9.80. The molecule has 1 aromatic carbocycles. The van der Waals surface area contributed by atoms with Gasteiger partial charge in [0.15, 0.2) is 4.75 Å². The molecule has 0 aliphatic carbocycles. The molecule has 0 saturated carbocycles. The van der Waals surface area contributed by atoms with Gasteiger partial charge in [0.2, 0.25) is 10.0 Å². The molecule has 0 heterocycles. The maximum atomic E-state index is 13.7. The van der Waals surface area contributed by atoms with Crippen LogP contribution in [0.5, 0.6) is 0 Å². The quantitative estimate of drug-likeness (QED) is 0.355. The number of rotatable bonds is 12. The molecule has 2 unspecified atom stereocenters. The van der Waals surface area contributed by atoms with Gasteiger partial charge in [0.25, 0.3) is 0 Å². The van der Waals surface area contributed by atoms with Crippen LogP contribution in [0, 0.1) is 0 Å². The van der Waals surface area contributed by atoms with E-state index >= 15 is 0 Å². The molecule has 0 bridgehead atoms. The van der Waals surface area contributed by atoms with Gasteiger partial charge in [-0.3, -0.25) is 0 Å². The van der Waals surface area contributed by atoms with Crippen molar-refractivity contribution in [1.29, 1.82) is 0 Å². The number of primary sulfonamides is 1. The predicted octanol–water partition coefficient (Wildman–Crippen LogP) is 3.88. The summed E-state index contributed by atoms with van der Waals surface area (Å²) < 4.78 is 37.5. The average Bonchev–Trinajstić information content (AvgIpc) is 2.56. The molecule has 1 rings (SSSR count). The Bertz CT molecular complexity index is 712. The summed E-state index contributed by atoms with van der Waals surface area (Å²) in [7, 11) is -4.24. The maximum absolute atomic E-state index is 13.7. The minimum absolute atomic E-state index is 0.0804. The molecule has 0 spiro atoms. The number of benzene rings is 1. The van der Waals surface area contributed by atoms with Gasteiger partial charge in [-0.15, -0.1) is 0 Å². The molecule has 5 N–H and O–H groups in total. The van der Waals surface area contributed by atoms with Crippen molar-refractivity contribution in [2.45, 2.75) is 95.2 Å². The van der Waals surface area contributed by atoms with E-state index in [0.29, 0.717) is 37.7 Å². The Hall–Kier alpha value is -1.02. The molecular weight excluding hydrogens is 379 g/mol. The lowest BCUT2D eigenvalue weighted by molar-refractivity contribution is -0.0135. The maximum Gasteiger partial charge on any atom is 0.223 e. The molecule has 0 amide bonds. The van der Waals surface area contributed by atoms with Gasteiger partial charge in [0.1, 0.15) is 11.4 Å². The Morgan fingerprint density at radius 2 is 1.54 bits per heavy atom. The number of aliphatic hydroxyl groups is 1. The van der Waals surface area contributed by atoms with Crippen LogP contribution in [0.15, 0.2) is 24.3 Å². The second kappa shape index (κ2) is 9.65. The molecule has 1 aromatic rings. The molecule has 0 aromatic heterocycles. The first-order valence-corrected chi connectivity index (χ1v) is 11.7. The van der Waals surface area contributed by atoms with E-state index in [1.807, 2.05) is 26.0 Å². The van der Waals surface area contributed by atoms with Gasteiger partial charge >= 0.3 is 0 Å². The van der Waals surface area contributed by atoms with Crippen molar-refractivity contribution in [2.75, 3.05) is 0 Å². The first-order valence-electron chi connectivity index (χ1n) is 10.1. The van der Waals surface area contributed by atoms with Crippen molar-refractivity contribution in [3.05, 3.63) is 35.4 Å². The van der Waals surface area contributed by atoms with Crippen molar-refractivity contribution >= 4 is 10.0 Å². The largest absolute Gasteiger partial charge is 0.374 e. The summed E-state index contributed by atoms with van der Waals surface area (Å²) in [5, 5.41) is 16.8. The van der Waals surface area contributed by atoms with Gasteiger partial charge in [0.05, 0.1) is 0 Å². The van der Waals surface area contributed by atoms with Crippen molar-refractivity contribution in [3.8, 4) is 0 Å². The van der Waals surface area contributed by atoms with Gasteiger partial charge in [-0.2, -0.15) is 0 Å². The van der Waals surface area contributed by atoms with E-state index in [4.69, 9.17) is 10.9 Å². The summed E-state index contributed by atoms with van der Waals surface area (Å²) in [5.41, 5.74) is 4.39. The third-order valence-electron chi connectivity index (χ3n) is 5.44. The molecule has 2 atom stereocenters. The normalized spacial score (nSPS) is 17.1. The average molecular weight is 417 g/mol. The van der Waals surface area contributed by atoms with Crippen LogP contribution in [0.2, 0.25) is 0 Å². The Morgan fingerprint density at radius 3 is 1.96 bits per heavy atom. The number of unbranched alkanes of at least 4 members (excludes halogenated alkanes) is 2. The van der Waals surface area contributed by atoms with Gasteiger partial charge in [-0.05, 0) is 50.7 Å². The highest BCUT2D eigenvalue weighted by molar-refractivity contribution is 7.90. The molecular formula is C21H37FN2O3S. The summed E-state index contributed by atoms with van der Waals surface area (Å²) in [6, 6.07) is 7.06. The zero-order chi connectivity index (χ0) is 21.6. The van der Waals surface area contributed by atoms with Crippen molar-refractivity contribution in [2.24, 2.45) is 10.9 Å². The van der Waals surface area contributed by atoms with Crippen LogP contribution in [0.4, 0.5) is 4.39 Å². The van der Waals surface area contributed by atoms with Crippen LogP contribution in [0.25, 0.3) is 0 Å². The van der Waals surface area contributed by atoms with E-state index in [1.165, 1.54) is 13.8 Å². The first kappa shape index (κ1) is 25.0. The van der Waals surface area contributed by atoms with Crippen LogP contribution < -0.4 is 10.9 Å². The lowest BCUT2D eigenvalue weighted by Gasteiger charge is -2.43. The number of alkyl halides is 1. The Balaban J connectivity index is 3.29. The number of aryl methyl sites for hydroxylation is 1. The van der Waals surface area contributed by atoms with Crippen molar-refractivity contribution in [3.63, 3.8) is 0 Å². The number of sulfonamides is 1. The van der Waals surface area contributed by atoms with Crippen LogP contribution in [0.1, 0.15) is 83.8 Å². The SMILES string of the molecule is CCCC(N)(O)C(CCCCCC(C)(C)F)(c1ccc(CC)cc1)S(N)(=O)=O. The minimum atomic E-state index is -4.24. The molecule has 0 fully saturated rings. The highest BCUT2D eigenvalue weighted by Gasteiger charge is 2.56. The third-order valence-corrected chi connectivity index (χ3v) is 7.21. The Kier molecular flexibility index (Phi) is 8.62. The number of hydrogen-bond acceptors (Lipinski definition) is 4. The zero-order valence-electron chi connectivity index (χ0n) is 17.7. The fourth-order valence-corrected chi connectivity index (χ4v) is 5.34. The smallest absolute Gasteiger partial charge is 0.223 e. The van der Waals surface area contributed by atoms with Crippen LogP contribution in [-0.2, 0) is 21.2 Å². The summed E-state index contributed by atoms with van der Waals surface area (Å²) in [5.74, 6) is 0. The van der Waals surface area contributed by atoms with E-state index in [2.05, 4.69) is 0 Å². The second-order valence-electron chi connectivity index (χ2n) is 8.38. The molecule has 5 nitrogen and oxygen atoms in total. The Labute approximate surface area is 169 Å². The van der Waals surface area contributed by atoms with Crippen molar-refractivity contribution < 1.29 is 17.9 Å². The van der Waals surface area contributed by atoms with Crippen LogP contribution >= 0.6 is 0 Å². The highest BCUT2D eigenvalue weighted by Crippen LogP contribution is 2.43. The first-order chi connectivity index (χ1) is 12.8. The van der Waals surface area contributed by atoms with E-state index in [1.54, 1.807) is 12.1 Å². The monoisotopic (exact) mass is 416 g/mol. The molecule has 7 heteroatoms. The molecule has 0 saturated heterocycles. The molecule has 0 aliphatic rings. The van der Waals surface area contributed by atoms with Gasteiger partial charge in [0, 0.05) is 0 Å². The fourth-order valence-electron chi connectivity index (χ4n) is 3.85. The summed E-state index contributed by atoms with van der Waals surface area (Å²) in [6.07, 6.45) is 3.59.